The maximum atomic E-state index is 11.9. The first-order chi connectivity index (χ1) is 9.00. The molecule has 0 saturated heterocycles. The van der Waals surface area contributed by atoms with Crippen molar-refractivity contribution in [1.82, 2.24) is 5.32 Å². The molecule has 0 spiro atoms. The molecule has 1 rings (SSSR count). The summed E-state index contributed by atoms with van der Waals surface area (Å²) in [6.45, 7) is 7.09. The molecular formula is C16H25NO2. The van der Waals surface area contributed by atoms with E-state index in [0.29, 0.717) is 6.54 Å². The Balaban J connectivity index is 2.75. The highest BCUT2D eigenvalue weighted by molar-refractivity contribution is 5.78. The van der Waals surface area contributed by atoms with Crippen LogP contribution in [0.25, 0.3) is 0 Å². The van der Waals surface area contributed by atoms with E-state index < -0.39 is 0 Å². The summed E-state index contributed by atoms with van der Waals surface area (Å²) in [5.41, 5.74) is 1.03. The van der Waals surface area contributed by atoms with Crippen molar-refractivity contribution in [2.24, 2.45) is 0 Å². The molecule has 106 valence electrons. The zero-order valence-corrected chi connectivity index (χ0v) is 12.4. The number of carbonyl (C=O) groups is 1. The van der Waals surface area contributed by atoms with E-state index in [4.69, 9.17) is 4.74 Å². The highest BCUT2D eigenvalue weighted by atomic mass is 16.5. The summed E-state index contributed by atoms with van der Waals surface area (Å²) in [6.07, 6.45) is 2.20. The van der Waals surface area contributed by atoms with Gasteiger partial charge in [0, 0.05) is 12.1 Å². The van der Waals surface area contributed by atoms with Crippen molar-refractivity contribution in [2.75, 3.05) is 13.7 Å². The lowest BCUT2D eigenvalue weighted by atomic mass is 9.95. The molecule has 0 bridgehead atoms. The summed E-state index contributed by atoms with van der Waals surface area (Å²) in [6, 6.07) is 9.78. The Bertz CT molecular complexity index is 387. The Hall–Kier alpha value is -1.35. The van der Waals surface area contributed by atoms with Gasteiger partial charge in [0.2, 0.25) is 0 Å². The second kappa shape index (κ2) is 7.29. The first kappa shape index (κ1) is 15.7. The smallest absolute Gasteiger partial charge is 0.314 e. The third-order valence-electron chi connectivity index (χ3n) is 3.35. The molecule has 0 aliphatic rings. The van der Waals surface area contributed by atoms with E-state index >= 15 is 0 Å². The molecule has 1 unspecified atom stereocenters. The van der Waals surface area contributed by atoms with E-state index in [2.05, 4.69) is 26.1 Å². The van der Waals surface area contributed by atoms with Gasteiger partial charge in [-0.1, -0.05) is 43.7 Å². The Kier molecular flexibility index (Phi) is 6.03. The number of methoxy groups -OCH3 is 1. The van der Waals surface area contributed by atoms with Crippen molar-refractivity contribution in [3.8, 4) is 0 Å². The fourth-order valence-electron chi connectivity index (χ4n) is 2.26. The van der Waals surface area contributed by atoms with Crippen LogP contribution in [-0.2, 0) is 9.53 Å². The van der Waals surface area contributed by atoms with Crippen molar-refractivity contribution in [2.45, 2.75) is 45.1 Å². The van der Waals surface area contributed by atoms with Crippen molar-refractivity contribution < 1.29 is 9.53 Å². The fraction of sp³-hybridized carbons (Fsp3) is 0.562. The SMILES string of the molecule is CCCC(C)(C)NCC(C(=O)OC)c1ccccc1. The first-order valence-electron chi connectivity index (χ1n) is 6.88. The van der Waals surface area contributed by atoms with Crippen LogP contribution in [-0.4, -0.2) is 25.2 Å². The topological polar surface area (TPSA) is 38.3 Å². The van der Waals surface area contributed by atoms with Crippen LogP contribution < -0.4 is 5.32 Å². The summed E-state index contributed by atoms with van der Waals surface area (Å²) in [4.78, 5) is 11.9. The lowest BCUT2D eigenvalue weighted by Crippen LogP contribution is -2.42. The molecule has 0 amide bonds. The fourth-order valence-corrected chi connectivity index (χ4v) is 2.26. The van der Waals surface area contributed by atoms with Crippen LogP contribution in [0.2, 0.25) is 0 Å². The second-order valence-electron chi connectivity index (χ2n) is 5.50. The Morgan fingerprint density at radius 2 is 1.95 bits per heavy atom. The van der Waals surface area contributed by atoms with E-state index in [9.17, 15) is 4.79 Å². The van der Waals surface area contributed by atoms with E-state index in [-0.39, 0.29) is 17.4 Å². The van der Waals surface area contributed by atoms with Crippen molar-refractivity contribution >= 4 is 5.97 Å². The average Bonchev–Trinajstić information content (AvgIpc) is 2.39. The number of ether oxygens (including phenoxy) is 1. The molecule has 0 heterocycles. The van der Waals surface area contributed by atoms with Gasteiger partial charge in [-0.15, -0.1) is 0 Å². The molecule has 3 heteroatoms. The van der Waals surface area contributed by atoms with Gasteiger partial charge in [-0.2, -0.15) is 0 Å². The molecule has 1 aromatic rings. The van der Waals surface area contributed by atoms with Gasteiger partial charge in [-0.25, -0.2) is 0 Å². The van der Waals surface area contributed by atoms with Crippen LogP contribution in [0.4, 0.5) is 0 Å². The van der Waals surface area contributed by atoms with E-state index in [1.807, 2.05) is 30.3 Å². The molecule has 0 aliphatic heterocycles. The lowest BCUT2D eigenvalue weighted by Gasteiger charge is -2.28. The number of rotatable bonds is 7. The number of carbonyl (C=O) groups excluding carboxylic acids is 1. The van der Waals surface area contributed by atoms with Crippen LogP contribution in [0.15, 0.2) is 30.3 Å². The van der Waals surface area contributed by atoms with Crippen LogP contribution in [0.5, 0.6) is 0 Å². The summed E-state index contributed by atoms with van der Waals surface area (Å²) in [5, 5.41) is 3.47. The highest BCUT2D eigenvalue weighted by Crippen LogP contribution is 2.19. The van der Waals surface area contributed by atoms with Crippen LogP contribution in [0, 0.1) is 0 Å². The van der Waals surface area contributed by atoms with Gasteiger partial charge >= 0.3 is 5.97 Å². The minimum Gasteiger partial charge on any atom is -0.469 e. The normalized spacial score (nSPS) is 13.1. The zero-order valence-electron chi connectivity index (χ0n) is 12.4. The number of benzene rings is 1. The molecule has 0 radical (unpaired) electrons. The van der Waals surface area contributed by atoms with Crippen LogP contribution >= 0.6 is 0 Å². The van der Waals surface area contributed by atoms with Crippen molar-refractivity contribution in [3.63, 3.8) is 0 Å². The lowest BCUT2D eigenvalue weighted by molar-refractivity contribution is -0.142. The Labute approximate surface area is 116 Å². The maximum absolute atomic E-state index is 11.9. The predicted octanol–water partition coefficient (Wildman–Crippen LogP) is 3.11. The van der Waals surface area contributed by atoms with E-state index in [0.717, 1.165) is 18.4 Å². The molecule has 0 aliphatic carbocycles. The zero-order chi connectivity index (χ0) is 14.3. The second-order valence-corrected chi connectivity index (χ2v) is 5.50. The molecule has 0 fully saturated rings. The summed E-state index contributed by atoms with van der Waals surface area (Å²) in [7, 11) is 1.44. The van der Waals surface area contributed by atoms with Crippen LogP contribution in [0.3, 0.4) is 0 Å². The molecule has 1 atom stereocenters. The summed E-state index contributed by atoms with van der Waals surface area (Å²) in [5.74, 6) is -0.437. The van der Waals surface area contributed by atoms with Crippen molar-refractivity contribution in [1.29, 1.82) is 0 Å². The van der Waals surface area contributed by atoms with Crippen LogP contribution in [0.1, 0.15) is 45.1 Å². The van der Waals surface area contributed by atoms with E-state index in [1.165, 1.54) is 7.11 Å². The summed E-state index contributed by atoms with van der Waals surface area (Å²) < 4.78 is 4.91. The van der Waals surface area contributed by atoms with Gasteiger partial charge in [0.25, 0.3) is 0 Å². The third-order valence-corrected chi connectivity index (χ3v) is 3.35. The number of esters is 1. The number of nitrogens with one attached hydrogen (secondary N) is 1. The minimum atomic E-state index is -0.248. The molecule has 1 N–H and O–H groups in total. The molecule has 0 saturated carbocycles. The van der Waals surface area contributed by atoms with Gasteiger partial charge in [-0.3, -0.25) is 4.79 Å². The minimum absolute atomic E-state index is 0.0375. The van der Waals surface area contributed by atoms with E-state index in [1.54, 1.807) is 0 Å². The predicted molar refractivity (Wildman–Crippen MR) is 78.2 cm³/mol. The van der Waals surface area contributed by atoms with Gasteiger partial charge < -0.3 is 10.1 Å². The van der Waals surface area contributed by atoms with Gasteiger partial charge in [-0.05, 0) is 25.8 Å². The Morgan fingerprint density at radius 3 is 2.47 bits per heavy atom. The first-order valence-corrected chi connectivity index (χ1v) is 6.88. The largest absolute Gasteiger partial charge is 0.469 e. The van der Waals surface area contributed by atoms with Crippen molar-refractivity contribution in [3.05, 3.63) is 35.9 Å². The summed E-state index contributed by atoms with van der Waals surface area (Å²) >= 11 is 0. The third kappa shape index (κ3) is 5.03. The van der Waals surface area contributed by atoms with Gasteiger partial charge in [0.15, 0.2) is 0 Å². The molecular weight excluding hydrogens is 238 g/mol. The highest BCUT2D eigenvalue weighted by Gasteiger charge is 2.24. The molecule has 3 nitrogen and oxygen atoms in total. The average molecular weight is 263 g/mol. The molecule has 1 aromatic carbocycles. The Morgan fingerprint density at radius 1 is 1.32 bits per heavy atom. The molecule has 19 heavy (non-hydrogen) atoms. The maximum Gasteiger partial charge on any atom is 0.314 e. The van der Waals surface area contributed by atoms with Gasteiger partial charge in [0.1, 0.15) is 0 Å². The quantitative estimate of drug-likeness (QED) is 0.768. The number of hydrogen-bond acceptors (Lipinski definition) is 3. The van der Waals surface area contributed by atoms with Gasteiger partial charge in [0.05, 0.1) is 13.0 Å². The number of hydrogen-bond donors (Lipinski definition) is 1. The standard InChI is InChI=1S/C16H25NO2/c1-5-11-16(2,3)17-12-14(15(18)19-4)13-9-7-6-8-10-13/h6-10,14,17H,5,11-12H2,1-4H3. The molecule has 0 aromatic heterocycles. The monoisotopic (exact) mass is 263 g/mol.